The van der Waals surface area contributed by atoms with E-state index in [1.165, 1.54) is 9.75 Å². The van der Waals surface area contributed by atoms with Crippen LogP contribution in [0.4, 0.5) is 5.69 Å². The van der Waals surface area contributed by atoms with Crippen molar-refractivity contribution < 1.29 is 4.79 Å². The number of hydrogen-bond donors (Lipinski definition) is 2. The molecule has 28 heavy (non-hydrogen) atoms. The van der Waals surface area contributed by atoms with Crippen molar-refractivity contribution in [3.8, 4) is 0 Å². The molecule has 1 unspecified atom stereocenters. The largest absolute Gasteiger partial charge is 0.354 e. The van der Waals surface area contributed by atoms with Gasteiger partial charge in [0.15, 0.2) is 5.96 Å². The average Bonchev–Trinajstić information content (AvgIpc) is 3.27. The summed E-state index contributed by atoms with van der Waals surface area (Å²) >= 11 is 1.84. The highest BCUT2D eigenvalue weighted by Gasteiger charge is 2.21. The third-order valence-electron chi connectivity index (χ3n) is 4.69. The number of hydrogen-bond acceptors (Lipinski definition) is 3. The number of guanidine groups is 1. The summed E-state index contributed by atoms with van der Waals surface area (Å²) in [5.74, 6) is 1.02. The number of halogens is 1. The summed E-state index contributed by atoms with van der Waals surface area (Å²) in [7, 11) is 1.79. The number of carbonyl (C=O) groups is 1. The van der Waals surface area contributed by atoms with Gasteiger partial charge in [-0.15, -0.1) is 35.3 Å². The van der Waals surface area contributed by atoms with Crippen molar-refractivity contribution in [3.05, 3.63) is 51.7 Å². The first-order valence-corrected chi connectivity index (χ1v) is 10.3. The lowest BCUT2D eigenvalue weighted by Gasteiger charge is -2.18. The lowest BCUT2D eigenvalue weighted by Crippen LogP contribution is -2.42. The van der Waals surface area contributed by atoms with Gasteiger partial charge in [-0.2, -0.15) is 0 Å². The Morgan fingerprint density at radius 1 is 1.25 bits per heavy atom. The van der Waals surface area contributed by atoms with Crippen LogP contribution in [0.15, 0.2) is 41.4 Å². The van der Waals surface area contributed by atoms with E-state index in [0.717, 1.165) is 36.6 Å². The van der Waals surface area contributed by atoms with E-state index in [0.29, 0.717) is 19.0 Å². The smallest absolute Gasteiger partial charge is 0.227 e. The van der Waals surface area contributed by atoms with Gasteiger partial charge in [-0.1, -0.05) is 12.1 Å². The first kappa shape index (κ1) is 22.7. The summed E-state index contributed by atoms with van der Waals surface area (Å²) in [6.45, 7) is 5.83. The van der Waals surface area contributed by atoms with Crippen LogP contribution in [0.3, 0.4) is 0 Å². The van der Waals surface area contributed by atoms with Crippen LogP contribution in [0, 0.1) is 6.92 Å². The van der Waals surface area contributed by atoms with Gasteiger partial charge in [0.2, 0.25) is 5.91 Å². The zero-order valence-corrected chi connectivity index (χ0v) is 19.8. The normalized spacial score (nSPS) is 15.3. The molecule has 3 rings (SSSR count). The van der Waals surface area contributed by atoms with Crippen LogP contribution in [0.2, 0.25) is 0 Å². The quantitative estimate of drug-likeness (QED) is 0.348. The average molecular weight is 512 g/mol. The summed E-state index contributed by atoms with van der Waals surface area (Å²) in [4.78, 5) is 20.8. The minimum Gasteiger partial charge on any atom is -0.354 e. The number of aliphatic imine (C=N–C) groups is 1. The molecule has 0 aliphatic carbocycles. The fraction of sp³-hybridized carbons (Fsp3) is 0.429. The standard InChI is InChI=1S/C21H28N4OS.HI/c1-15(13-19-11-6-16(2)27-19)24-21(22-3)23-14-17-7-9-18(10-8-17)25-12-4-5-20(25)26;/h6-11,15H,4-5,12-14H2,1-3H3,(H2,22,23,24);1H. The van der Waals surface area contributed by atoms with Crippen LogP contribution in [0.25, 0.3) is 0 Å². The van der Waals surface area contributed by atoms with Crippen molar-refractivity contribution >= 4 is 52.9 Å². The molecule has 2 N–H and O–H groups in total. The minimum atomic E-state index is 0. The predicted molar refractivity (Wildman–Crippen MR) is 129 cm³/mol. The van der Waals surface area contributed by atoms with Crippen molar-refractivity contribution in [3.63, 3.8) is 0 Å². The lowest BCUT2D eigenvalue weighted by molar-refractivity contribution is -0.117. The molecule has 0 bridgehead atoms. The molecule has 2 aromatic rings. The van der Waals surface area contributed by atoms with Crippen LogP contribution in [-0.4, -0.2) is 31.5 Å². The summed E-state index contributed by atoms with van der Waals surface area (Å²) < 4.78 is 0. The molecule has 1 saturated heterocycles. The number of benzene rings is 1. The highest BCUT2D eigenvalue weighted by atomic mass is 127. The number of nitrogens with one attached hydrogen (secondary N) is 2. The molecule has 7 heteroatoms. The first-order valence-electron chi connectivity index (χ1n) is 9.47. The van der Waals surface area contributed by atoms with E-state index in [2.05, 4.69) is 53.7 Å². The molecule has 0 spiro atoms. The Bertz CT molecular complexity index is 803. The van der Waals surface area contributed by atoms with Crippen LogP contribution >= 0.6 is 35.3 Å². The third-order valence-corrected chi connectivity index (χ3v) is 5.71. The predicted octanol–water partition coefficient (Wildman–Crippen LogP) is 4.10. The van der Waals surface area contributed by atoms with Gasteiger partial charge in [0.05, 0.1) is 0 Å². The number of thiophene rings is 1. The number of amides is 1. The van der Waals surface area contributed by atoms with Crippen molar-refractivity contribution in [1.82, 2.24) is 10.6 Å². The second-order valence-electron chi connectivity index (χ2n) is 7.00. The molecule has 1 aromatic carbocycles. The van der Waals surface area contributed by atoms with Gasteiger partial charge in [0.25, 0.3) is 0 Å². The van der Waals surface area contributed by atoms with Gasteiger partial charge in [-0.25, -0.2) is 0 Å². The molecule has 1 fully saturated rings. The Hall–Kier alpha value is -1.61. The maximum Gasteiger partial charge on any atom is 0.227 e. The molecule has 1 aromatic heterocycles. The van der Waals surface area contributed by atoms with E-state index in [4.69, 9.17) is 0 Å². The SMILES string of the molecule is CN=C(NCc1ccc(N2CCCC2=O)cc1)NC(C)Cc1ccc(C)s1.I. The zero-order chi connectivity index (χ0) is 19.2. The van der Waals surface area contributed by atoms with Crippen molar-refractivity contribution in [2.24, 2.45) is 4.99 Å². The molecular weight excluding hydrogens is 483 g/mol. The first-order chi connectivity index (χ1) is 13.0. The fourth-order valence-electron chi connectivity index (χ4n) is 3.28. The minimum absolute atomic E-state index is 0. The molecule has 1 aliphatic heterocycles. The number of nitrogens with zero attached hydrogens (tertiary/aromatic N) is 2. The van der Waals surface area contributed by atoms with Crippen molar-refractivity contribution in [1.29, 1.82) is 0 Å². The van der Waals surface area contributed by atoms with E-state index in [1.807, 2.05) is 28.4 Å². The maximum absolute atomic E-state index is 11.8. The summed E-state index contributed by atoms with van der Waals surface area (Å²) in [6.07, 6.45) is 2.60. The summed E-state index contributed by atoms with van der Waals surface area (Å²) in [6, 6.07) is 12.9. The number of anilines is 1. The van der Waals surface area contributed by atoms with Gasteiger partial charge in [0.1, 0.15) is 0 Å². The van der Waals surface area contributed by atoms with Gasteiger partial charge in [0, 0.05) is 54.5 Å². The Kier molecular flexibility index (Phi) is 8.75. The summed E-state index contributed by atoms with van der Waals surface area (Å²) in [5, 5.41) is 6.82. The summed E-state index contributed by atoms with van der Waals surface area (Å²) in [5.41, 5.74) is 2.15. The van der Waals surface area contributed by atoms with Crippen LogP contribution in [0.5, 0.6) is 0 Å². The Balaban J connectivity index is 0.00000280. The van der Waals surface area contributed by atoms with Gasteiger partial charge < -0.3 is 15.5 Å². The molecule has 0 radical (unpaired) electrons. The van der Waals surface area contributed by atoms with E-state index in [1.54, 1.807) is 7.05 Å². The van der Waals surface area contributed by atoms with Gasteiger partial charge in [-0.3, -0.25) is 9.79 Å². The number of rotatable bonds is 6. The fourth-order valence-corrected chi connectivity index (χ4v) is 4.30. The van der Waals surface area contributed by atoms with Gasteiger partial charge >= 0.3 is 0 Å². The lowest BCUT2D eigenvalue weighted by atomic mass is 10.2. The topological polar surface area (TPSA) is 56.7 Å². The molecule has 2 heterocycles. The van der Waals surface area contributed by atoms with E-state index in [-0.39, 0.29) is 29.9 Å². The monoisotopic (exact) mass is 512 g/mol. The van der Waals surface area contributed by atoms with E-state index < -0.39 is 0 Å². The molecule has 152 valence electrons. The Labute approximate surface area is 188 Å². The van der Waals surface area contributed by atoms with Crippen LogP contribution < -0.4 is 15.5 Å². The number of carbonyl (C=O) groups excluding carboxylic acids is 1. The molecule has 1 amide bonds. The zero-order valence-electron chi connectivity index (χ0n) is 16.7. The van der Waals surface area contributed by atoms with Crippen molar-refractivity contribution in [2.75, 3.05) is 18.5 Å². The highest BCUT2D eigenvalue weighted by molar-refractivity contribution is 14.0. The van der Waals surface area contributed by atoms with E-state index >= 15 is 0 Å². The Morgan fingerprint density at radius 2 is 2.00 bits per heavy atom. The van der Waals surface area contributed by atoms with Crippen LogP contribution in [-0.2, 0) is 17.8 Å². The Morgan fingerprint density at radius 3 is 2.57 bits per heavy atom. The highest BCUT2D eigenvalue weighted by Crippen LogP contribution is 2.21. The molecular formula is C21H29IN4OS. The van der Waals surface area contributed by atoms with E-state index in [9.17, 15) is 4.79 Å². The van der Waals surface area contributed by atoms with Crippen LogP contribution in [0.1, 0.15) is 35.1 Å². The van der Waals surface area contributed by atoms with Gasteiger partial charge in [-0.05, 0) is 50.1 Å². The number of aryl methyl sites for hydroxylation is 1. The second-order valence-corrected chi connectivity index (χ2v) is 8.38. The second kappa shape index (κ2) is 10.8. The molecule has 0 saturated carbocycles. The molecule has 5 nitrogen and oxygen atoms in total. The third kappa shape index (κ3) is 6.20. The molecule has 1 atom stereocenters. The molecule has 1 aliphatic rings. The van der Waals surface area contributed by atoms with Crippen molar-refractivity contribution in [2.45, 2.75) is 45.7 Å². The maximum atomic E-state index is 11.8.